The maximum Gasteiger partial charge on any atom is 0.0666 e. The first-order valence-electron chi connectivity index (χ1n) is 8.38. The molecule has 0 aliphatic carbocycles. The van der Waals surface area contributed by atoms with E-state index >= 15 is 0 Å². The van der Waals surface area contributed by atoms with Gasteiger partial charge in [-0.25, -0.2) is 0 Å². The predicted molar refractivity (Wildman–Crippen MR) is 94.2 cm³/mol. The Kier molecular flexibility index (Phi) is 5.41. The van der Waals surface area contributed by atoms with Crippen molar-refractivity contribution in [3.05, 3.63) is 29.8 Å². The van der Waals surface area contributed by atoms with Gasteiger partial charge < -0.3 is 10.4 Å². The highest BCUT2D eigenvalue weighted by atomic mass is 16.3. The average molecular weight is 302 g/mol. The Balaban J connectivity index is 2.22. The van der Waals surface area contributed by atoms with Gasteiger partial charge in [0.25, 0.3) is 0 Å². The van der Waals surface area contributed by atoms with Crippen molar-refractivity contribution in [2.75, 3.05) is 0 Å². The lowest BCUT2D eigenvalue weighted by Crippen LogP contribution is -2.50. The molecular formula is C19H30N2O. The number of rotatable bonds is 3. The summed E-state index contributed by atoms with van der Waals surface area (Å²) in [5.74, 6) is 0. The van der Waals surface area contributed by atoms with Gasteiger partial charge in [0, 0.05) is 17.8 Å². The topological polar surface area (TPSA) is 44.6 Å². The number of hydrogen-bond acceptors (Lipinski definition) is 3. The lowest BCUT2D eigenvalue weighted by Gasteiger charge is -2.33. The van der Waals surface area contributed by atoms with Crippen LogP contribution >= 0.6 is 0 Å². The summed E-state index contributed by atoms with van der Waals surface area (Å²) in [6.07, 6.45) is 2.97. The van der Waals surface area contributed by atoms with Crippen molar-refractivity contribution in [2.45, 2.75) is 77.5 Å². The summed E-state index contributed by atoms with van der Waals surface area (Å²) in [7, 11) is 0. The second-order valence-electron chi connectivity index (χ2n) is 7.52. The number of piperidine rings is 1. The van der Waals surface area contributed by atoms with E-state index in [4.69, 9.17) is 4.99 Å². The van der Waals surface area contributed by atoms with E-state index in [0.717, 1.165) is 30.7 Å². The molecule has 22 heavy (non-hydrogen) atoms. The minimum absolute atomic E-state index is 0.0858. The van der Waals surface area contributed by atoms with Crippen LogP contribution in [0.15, 0.2) is 29.3 Å². The monoisotopic (exact) mass is 302 g/mol. The quantitative estimate of drug-likeness (QED) is 0.830. The standard InChI is InChI=1S/C19H30N2O/c1-13(16-11-8-12-17(21-16)14(2)22)20-18-10-7-6-9-15(18)19(3,4)5/h6-7,9-10,14,16-17,21-22H,8,11-12H2,1-5H3. The average Bonchev–Trinajstić information content (AvgIpc) is 2.46. The first-order chi connectivity index (χ1) is 10.3. The largest absolute Gasteiger partial charge is 0.392 e. The Morgan fingerprint density at radius 2 is 1.95 bits per heavy atom. The molecular weight excluding hydrogens is 272 g/mol. The van der Waals surface area contributed by atoms with Crippen LogP contribution in [0.5, 0.6) is 0 Å². The molecule has 0 aromatic heterocycles. The molecule has 1 aliphatic heterocycles. The molecule has 3 atom stereocenters. The van der Waals surface area contributed by atoms with Crippen LogP contribution in [-0.2, 0) is 5.41 Å². The second-order valence-corrected chi connectivity index (χ2v) is 7.52. The van der Waals surface area contributed by atoms with E-state index in [1.165, 1.54) is 5.56 Å². The minimum Gasteiger partial charge on any atom is -0.392 e. The van der Waals surface area contributed by atoms with E-state index in [2.05, 4.69) is 51.2 Å². The number of hydrogen-bond donors (Lipinski definition) is 2. The fraction of sp³-hybridized carbons (Fsp3) is 0.632. The molecule has 1 fully saturated rings. The molecule has 3 nitrogen and oxygen atoms in total. The summed E-state index contributed by atoms with van der Waals surface area (Å²) in [6.45, 7) is 10.6. The first-order valence-corrected chi connectivity index (χ1v) is 8.38. The molecule has 0 saturated carbocycles. The van der Waals surface area contributed by atoms with Gasteiger partial charge in [0.15, 0.2) is 0 Å². The number of para-hydroxylation sites is 1. The van der Waals surface area contributed by atoms with Crippen LogP contribution in [-0.4, -0.2) is 29.0 Å². The third-order valence-electron chi connectivity index (χ3n) is 4.52. The molecule has 0 bridgehead atoms. The van der Waals surface area contributed by atoms with Gasteiger partial charge in [-0.05, 0) is 50.2 Å². The molecule has 2 N–H and O–H groups in total. The van der Waals surface area contributed by atoms with Crippen LogP contribution in [0, 0.1) is 0 Å². The number of aliphatic hydroxyl groups excluding tert-OH is 1. The molecule has 122 valence electrons. The normalized spacial score (nSPS) is 25.1. The molecule has 2 rings (SSSR count). The Bertz CT molecular complexity index is 528. The zero-order valence-electron chi connectivity index (χ0n) is 14.6. The number of benzene rings is 1. The van der Waals surface area contributed by atoms with Crippen LogP contribution < -0.4 is 5.32 Å². The van der Waals surface area contributed by atoms with Gasteiger partial charge >= 0.3 is 0 Å². The van der Waals surface area contributed by atoms with Crippen LogP contribution in [0.1, 0.15) is 59.4 Å². The third kappa shape index (κ3) is 4.17. The highest BCUT2D eigenvalue weighted by molar-refractivity contribution is 5.90. The zero-order valence-corrected chi connectivity index (χ0v) is 14.6. The van der Waals surface area contributed by atoms with Gasteiger partial charge in [-0.3, -0.25) is 4.99 Å². The number of aliphatic imine (C=N–C) groups is 1. The summed E-state index contributed by atoms with van der Waals surface area (Å²) in [5, 5.41) is 13.4. The summed E-state index contributed by atoms with van der Waals surface area (Å²) in [4.78, 5) is 4.92. The SMILES string of the molecule is CC(=Nc1ccccc1C(C)(C)C)C1CCCC(C(C)O)N1. The van der Waals surface area contributed by atoms with Crippen molar-refractivity contribution in [2.24, 2.45) is 4.99 Å². The maximum absolute atomic E-state index is 9.81. The van der Waals surface area contributed by atoms with Crippen LogP contribution in [0.3, 0.4) is 0 Å². The zero-order chi connectivity index (χ0) is 16.3. The van der Waals surface area contributed by atoms with E-state index < -0.39 is 0 Å². The molecule has 1 heterocycles. The molecule has 1 saturated heterocycles. The van der Waals surface area contributed by atoms with E-state index in [0.29, 0.717) is 0 Å². The highest BCUT2D eigenvalue weighted by Crippen LogP contribution is 2.31. The number of nitrogens with one attached hydrogen (secondary N) is 1. The van der Waals surface area contributed by atoms with Crippen molar-refractivity contribution in [1.29, 1.82) is 0 Å². The second kappa shape index (κ2) is 6.93. The lowest BCUT2D eigenvalue weighted by molar-refractivity contribution is 0.124. The van der Waals surface area contributed by atoms with Crippen molar-refractivity contribution >= 4 is 11.4 Å². The van der Waals surface area contributed by atoms with Crippen molar-refractivity contribution in [3.63, 3.8) is 0 Å². The van der Waals surface area contributed by atoms with E-state index in [1.807, 2.05) is 13.0 Å². The summed E-state index contributed by atoms with van der Waals surface area (Å²) < 4.78 is 0. The molecule has 1 aromatic carbocycles. The van der Waals surface area contributed by atoms with Gasteiger partial charge in [0.2, 0.25) is 0 Å². The molecule has 0 spiro atoms. The Morgan fingerprint density at radius 3 is 2.59 bits per heavy atom. The van der Waals surface area contributed by atoms with Crippen molar-refractivity contribution in [3.8, 4) is 0 Å². The van der Waals surface area contributed by atoms with Crippen LogP contribution in [0.25, 0.3) is 0 Å². The predicted octanol–water partition coefficient (Wildman–Crippen LogP) is 3.97. The van der Waals surface area contributed by atoms with Crippen molar-refractivity contribution in [1.82, 2.24) is 5.32 Å². The van der Waals surface area contributed by atoms with Gasteiger partial charge in [0.05, 0.1) is 11.8 Å². The Hall–Kier alpha value is -1.19. The number of nitrogens with zero attached hydrogens (tertiary/aromatic N) is 1. The van der Waals surface area contributed by atoms with Gasteiger partial charge in [-0.15, -0.1) is 0 Å². The van der Waals surface area contributed by atoms with E-state index in [1.54, 1.807) is 0 Å². The summed E-state index contributed by atoms with van der Waals surface area (Å²) in [5.41, 5.74) is 3.54. The smallest absolute Gasteiger partial charge is 0.0666 e. The highest BCUT2D eigenvalue weighted by Gasteiger charge is 2.26. The lowest BCUT2D eigenvalue weighted by atomic mass is 9.86. The van der Waals surface area contributed by atoms with E-state index in [9.17, 15) is 5.11 Å². The Labute approximate surface area is 134 Å². The third-order valence-corrected chi connectivity index (χ3v) is 4.52. The van der Waals surface area contributed by atoms with Gasteiger partial charge in [-0.1, -0.05) is 39.0 Å². The maximum atomic E-state index is 9.81. The molecule has 0 radical (unpaired) electrons. The molecule has 3 unspecified atom stereocenters. The van der Waals surface area contributed by atoms with E-state index in [-0.39, 0.29) is 23.6 Å². The fourth-order valence-electron chi connectivity index (χ4n) is 3.15. The van der Waals surface area contributed by atoms with Gasteiger partial charge in [-0.2, -0.15) is 0 Å². The van der Waals surface area contributed by atoms with Gasteiger partial charge in [0.1, 0.15) is 0 Å². The van der Waals surface area contributed by atoms with Crippen molar-refractivity contribution < 1.29 is 5.11 Å². The molecule has 3 heteroatoms. The summed E-state index contributed by atoms with van der Waals surface area (Å²) >= 11 is 0. The van der Waals surface area contributed by atoms with Crippen LogP contribution in [0.4, 0.5) is 5.69 Å². The summed E-state index contributed by atoms with van der Waals surface area (Å²) in [6, 6.07) is 8.84. The molecule has 1 aliphatic rings. The number of aliphatic hydroxyl groups is 1. The minimum atomic E-state index is -0.308. The fourth-order valence-corrected chi connectivity index (χ4v) is 3.15. The van der Waals surface area contributed by atoms with Crippen LogP contribution in [0.2, 0.25) is 0 Å². The Morgan fingerprint density at radius 1 is 1.27 bits per heavy atom. The molecule has 0 amide bonds. The first kappa shape index (κ1) is 17.2. The molecule has 1 aromatic rings.